The van der Waals surface area contributed by atoms with Gasteiger partial charge in [-0.25, -0.2) is 0 Å². The smallest absolute Gasteiger partial charge is 0.00943 e. The minimum Gasteiger partial charge on any atom is -0.0985 e. The van der Waals surface area contributed by atoms with Crippen LogP contribution in [0.25, 0.3) is 6.08 Å². The van der Waals surface area contributed by atoms with Crippen molar-refractivity contribution >= 4 is 6.08 Å². The fraction of sp³-hybridized carbons (Fsp3) is 0.143. The molecule has 14 heavy (non-hydrogen) atoms. The maximum Gasteiger partial charge on any atom is -0.00943 e. The minimum atomic E-state index is 0.988. The summed E-state index contributed by atoms with van der Waals surface area (Å²) in [6.07, 6.45) is 11.1. The molecule has 1 aromatic carbocycles. The molecule has 0 bridgehead atoms. The minimum absolute atomic E-state index is 0.988. The third-order valence-electron chi connectivity index (χ3n) is 2.01. The molecule has 0 atom stereocenters. The Morgan fingerprint density at radius 1 is 1.14 bits per heavy atom. The van der Waals surface area contributed by atoms with Gasteiger partial charge in [-0.05, 0) is 24.5 Å². The van der Waals surface area contributed by atoms with Gasteiger partial charge >= 0.3 is 0 Å². The topological polar surface area (TPSA) is 0 Å². The molecule has 0 radical (unpaired) electrons. The number of hydrogen-bond acceptors (Lipinski definition) is 0. The van der Waals surface area contributed by atoms with Crippen LogP contribution in [0, 0.1) is 0 Å². The van der Waals surface area contributed by atoms with Crippen molar-refractivity contribution < 1.29 is 0 Å². The maximum atomic E-state index is 3.72. The van der Waals surface area contributed by atoms with E-state index in [0.717, 1.165) is 6.42 Å². The molecule has 0 heteroatoms. The average molecular weight is 184 g/mol. The molecule has 0 nitrogen and oxygen atoms in total. The third-order valence-corrected chi connectivity index (χ3v) is 2.01. The summed E-state index contributed by atoms with van der Waals surface area (Å²) < 4.78 is 0. The van der Waals surface area contributed by atoms with E-state index in [1.54, 1.807) is 0 Å². The first kappa shape index (κ1) is 10.5. The molecule has 0 saturated carbocycles. The molecule has 0 fully saturated rings. The highest BCUT2D eigenvalue weighted by molar-refractivity contribution is 5.47. The summed E-state index contributed by atoms with van der Waals surface area (Å²) in [5, 5.41) is 0. The summed E-state index contributed by atoms with van der Waals surface area (Å²) in [6.45, 7) is 5.74. The highest BCUT2D eigenvalue weighted by Crippen LogP contribution is 2.06. The van der Waals surface area contributed by atoms with Gasteiger partial charge in [0.1, 0.15) is 0 Å². The Balaban J connectivity index is 2.55. The number of rotatable bonds is 4. The van der Waals surface area contributed by atoms with Gasteiger partial charge < -0.3 is 0 Å². The van der Waals surface area contributed by atoms with Crippen LogP contribution in [0.4, 0.5) is 0 Å². The highest BCUT2D eigenvalue weighted by Gasteiger charge is 1.88. The molecule has 0 aliphatic heterocycles. The molecule has 0 spiro atoms. The lowest BCUT2D eigenvalue weighted by molar-refractivity contribution is 1.27. The van der Waals surface area contributed by atoms with Crippen LogP contribution in [0.2, 0.25) is 0 Å². The van der Waals surface area contributed by atoms with E-state index in [4.69, 9.17) is 0 Å². The number of hydrogen-bond donors (Lipinski definition) is 0. The van der Waals surface area contributed by atoms with Gasteiger partial charge in [0.15, 0.2) is 0 Å². The van der Waals surface area contributed by atoms with E-state index in [1.807, 2.05) is 25.2 Å². The lowest BCUT2D eigenvalue weighted by Gasteiger charge is -1.96. The second kappa shape index (κ2) is 5.98. The van der Waals surface area contributed by atoms with Crippen LogP contribution < -0.4 is 0 Å². The van der Waals surface area contributed by atoms with Crippen molar-refractivity contribution in [2.75, 3.05) is 0 Å². The second-order valence-corrected chi connectivity index (χ2v) is 3.10. The van der Waals surface area contributed by atoms with Crippen molar-refractivity contribution in [3.05, 3.63) is 66.3 Å². The van der Waals surface area contributed by atoms with Crippen molar-refractivity contribution in [1.29, 1.82) is 0 Å². The Kier molecular flexibility index (Phi) is 4.49. The second-order valence-electron chi connectivity index (χ2n) is 3.10. The van der Waals surface area contributed by atoms with E-state index in [2.05, 4.69) is 43.0 Å². The van der Waals surface area contributed by atoms with Gasteiger partial charge in [0.05, 0.1) is 0 Å². The Hall–Kier alpha value is -1.56. The Labute approximate surface area is 86.3 Å². The van der Waals surface area contributed by atoms with E-state index in [-0.39, 0.29) is 0 Å². The Bertz CT molecular complexity index is 326. The zero-order valence-electron chi connectivity index (χ0n) is 8.61. The first-order chi connectivity index (χ1) is 6.86. The van der Waals surface area contributed by atoms with Gasteiger partial charge in [-0.3, -0.25) is 0 Å². The molecular weight excluding hydrogens is 168 g/mol. The quantitative estimate of drug-likeness (QED) is 0.620. The molecule has 0 aromatic heterocycles. The summed E-state index contributed by atoms with van der Waals surface area (Å²) in [6, 6.07) is 8.45. The first-order valence-corrected chi connectivity index (χ1v) is 4.86. The number of benzene rings is 1. The standard InChI is InChI=1S/C14H16/c1-3-5-6-7-8-14-11-9-13(4-2)10-12-14/h3-7,9-12H,2,8H2,1H3. The molecular formula is C14H16. The summed E-state index contributed by atoms with van der Waals surface area (Å²) >= 11 is 0. The average Bonchev–Trinajstić information content (AvgIpc) is 2.25. The monoisotopic (exact) mass is 184 g/mol. The Morgan fingerprint density at radius 3 is 2.43 bits per heavy atom. The van der Waals surface area contributed by atoms with Crippen LogP contribution in [0.1, 0.15) is 18.1 Å². The Morgan fingerprint density at radius 2 is 1.86 bits per heavy atom. The lowest BCUT2D eigenvalue weighted by atomic mass is 10.1. The number of allylic oxidation sites excluding steroid dienone is 4. The van der Waals surface area contributed by atoms with E-state index >= 15 is 0 Å². The molecule has 0 aliphatic rings. The molecule has 0 unspecified atom stereocenters. The molecule has 0 amide bonds. The largest absolute Gasteiger partial charge is 0.0985 e. The highest BCUT2D eigenvalue weighted by atomic mass is 13.9. The molecule has 1 rings (SSSR count). The van der Waals surface area contributed by atoms with E-state index in [0.29, 0.717) is 0 Å². The summed E-state index contributed by atoms with van der Waals surface area (Å²) in [7, 11) is 0. The van der Waals surface area contributed by atoms with Gasteiger partial charge in [-0.15, -0.1) is 0 Å². The lowest BCUT2D eigenvalue weighted by Crippen LogP contribution is -1.80. The van der Waals surface area contributed by atoms with E-state index < -0.39 is 0 Å². The van der Waals surface area contributed by atoms with Crippen LogP contribution in [0.3, 0.4) is 0 Å². The van der Waals surface area contributed by atoms with Crippen molar-refractivity contribution in [2.24, 2.45) is 0 Å². The molecule has 0 aliphatic carbocycles. The van der Waals surface area contributed by atoms with Crippen LogP contribution >= 0.6 is 0 Å². The van der Waals surface area contributed by atoms with Crippen molar-refractivity contribution in [3.63, 3.8) is 0 Å². The van der Waals surface area contributed by atoms with Crippen LogP contribution in [0.15, 0.2) is 55.1 Å². The first-order valence-electron chi connectivity index (χ1n) is 4.86. The van der Waals surface area contributed by atoms with Gasteiger partial charge in [0.2, 0.25) is 0 Å². The van der Waals surface area contributed by atoms with Crippen molar-refractivity contribution in [2.45, 2.75) is 13.3 Å². The maximum absolute atomic E-state index is 3.72. The van der Waals surface area contributed by atoms with Gasteiger partial charge in [-0.2, -0.15) is 0 Å². The fourth-order valence-corrected chi connectivity index (χ4v) is 1.18. The van der Waals surface area contributed by atoms with Crippen LogP contribution in [-0.4, -0.2) is 0 Å². The van der Waals surface area contributed by atoms with Gasteiger partial charge in [0.25, 0.3) is 0 Å². The van der Waals surface area contributed by atoms with E-state index in [1.165, 1.54) is 11.1 Å². The van der Waals surface area contributed by atoms with Gasteiger partial charge in [0, 0.05) is 0 Å². The summed E-state index contributed by atoms with van der Waals surface area (Å²) in [5.41, 5.74) is 2.50. The molecule has 1 aromatic rings. The molecule has 0 N–H and O–H groups in total. The predicted octanol–water partition coefficient (Wildman–Crippen LogP) is 4.00. The zero-order chi connectivity index (χ0) is 10.2. The zero-order valence-corrected chi connectivity index (χ0v) is 8.61. The molecule has 0 heterocycles. The fourth-order valence-electron chi connectivity index (χ4n) is 1.18. The van der Waals surface area contributed by atoms with Crippen LogP contribution in [0.5, 0.6) is 0 Å². The summed E-state index contributed by atoms with van der Waals surface area (Å²) in [4.78, 5) is 0. The third kappa shape index (κ3) is 3.44. The van der Waals surface area contributed by atoms with E-state index in [9.17, 15) is 0 Å². The molecule has 72 valence electrons. The van der Waals surface area contributed by atoms with Crippen molar-refractivity contribution in [1.82, 2.24) is 0 Å². The normalized spacial score (nSPS) is 11.2. The van der Waals surface area contributed by atoms with Crippen LogP contribution in [-0.2, 0) is 6.42 Å². The molecule has 0 saturated heterocycles. The van der Waals surface area contributed by atoms with Gasteiger partial charge in [-0.1, -0.05) is 61.2 Å². The predicted molar refractivity (Wildman–Crippen MR) is 64.2 cm³/mol. The van der Waals surface area contributed by atoms with Crippen molar-refractivity contribution in [3.8, 4) is 0 Å². The summed E-state index contributed by atoms with van der Waals surface area (Å²) in [5.74, 6) is 0. The SMILES string of the molecule is C=Cc1ccc(CC=CC=CC)cc1.